The Morgan fingerprint density at radius 2 is 2.04 bits per heavy atom. The van der Waals surface area contributed by atoms with Crippen LogP contribution in [0.3, 0.4) is 0 Å². The highest BCUT2D eigenvalue weighted by atomic mass is 32.2. The van der Waals surface area contributed by atoms with Crippen molar-refractivity contribution in [3.05, 3.63) is 59.7 Å². The van der Waals surface area contributed by atoms with Gasteiger partial charge in [0.2, 0.25) is 5.91 Å². The molecule has 0 aromatic heterocycles. The summed E-state index contributed by atoms with van der Waals surface area (Å²) in [6.07, 6.45) is 2.44. The van der Waals surface area contributed by atoms with Crippen LogP contribution in [0.25, 0.3) is 0 Å². The zero-order valence-electron chi connectivity index (χ0n) is 14.9. The lowest BCUT2D eigenvalue weighted by Gasteiger charge is -2.37. The Hall–Kier alpha value is -1.98. The van der Waals surface area contributed by atoms with Crippen molar-refractivity contribution in [2.75, 3.05) is 32.6 Å². The Bertz CT molecular complexity index is 807. The fourth-order valence-corrected chi connectivity index (χ4v) is 4.50. The number of thioether (sulfide) groups is 1. The average molecular weight is 369 g/mol. The summed E-state index contributed by atoms with van der Waals surface area (Å²) >= 11 is 1.69. The number of benzene rings is 2. The van der Waals surface area contributed by atoms with Crippen molar-refractivity contribution in [2.24, 2.45) is 5.41 Å². The van der Waals surface area contributed by atoms with Gasteiger partial charge in [0, 0.05) is 23.9 Å². The molecule has 4 nitrogen and oxygen atoms in total. The molecule has 4 rings (SSSR count). The molecule has 2 heterocycles. The standard InChI is InChI=1S/C21H23NO3S/c1-26-16-8-6-15(7-9-16)10-20(24)22-11-18-17-4-2-3-5-19(17)25-14-21(18,12-22)13-23/h2-9,18,23H,10-14H2,1H3/t18-,21-/m1/s1. The molecule has 5 heteroatoms. The molecule has 2 aliphatic heterocycles. The summed E-state index contributed by atoms with van der Waals surface area (Å²) < 4.78 is 5.90. The molecule has 0 aliphatic carbocycles. The number of nitrogens with zero attached hydrogens (tertiary/aromatic N) is 1. The highest BCUT2D eigenvalue weighted by molar-refractivity contribution is 7.98. The number of hydrogen-bond acceptors (Lipinski definition) is 4. The van der Waals surface area contributed by atoms with Gasteiger partial charge in [-0.25, -0.2) is 0 Å². The SMILES string of the molecule is CSc1ccc(CC(=O)N2C[C@@H]3c4ccccc4OC[C@]3(CO)C2)cc1. The molecule has 1 saturated heterocycles. The summed E-state index contributed by atoms with van der Waals surface area (Å²) in [5, 5.41) is 10.1. The van der Waals surface area contributed by atoms with Crippen molar-refractivity contribution < 1.29 is 14.6 Å². The van der Waals surface area contributed by atoms with E-state index in [0.29, 0.717) is 26.1 Å². The molecular formula is C21H23NO3S. The molecule has 0 radical (unpaired) electrons. The van der Waals surface area contributed by atoms with E-state index in [9.17, 15) is 9.90 Å². The van der Waals surface area contributed by atoms with Gasteiger partial charge in [-0.3, -0.25) is 4.79 Å². The van der Waals surface area contributed by atoms with E-state index in [1.165, 1.54) is 4.90 Å². The number of para-hydroxylation sites is 1. The third-order valence-corrected chi connectivity index (χ3v) is 6.38. The third kappa shape index (κ3) is 2.99. The highest BCUT2D eigenvalue weighted by Gasteiger charge is 2.51. The zero-order valence-corrected chi connectivity index (χ0v) is 15.7. The Kier molecular flexibility index (Phi) is 4.67. The highest BCUT2D eigenvalue weighted by Crippen LogP contribution is 2.49. The number of likely N-dealkylation sites (tertiary alicyclic amines) is 1. The van der Waals surface area contributed by atoms with Gasteiger partial charge in [-0.2, -0.15) is 0 Å². The molecule has 1 amide bonds. The van der Waals surface area contributed by atoms with Crippen LogP contribution in [0.5, 0.6) is 5.75 Å². The lowest BCUT2D eigenvalue weighted by Crippen LogP contribution is -2.42. The van der Waals surface area contributed by atoms with Crippen LogP contribution in [0.2, 0.25) is 0 Å². The summed E-state index contributed by atoms with van der Waals surface area (Å²) in [5.41, 5.74) is 1.73. The van der Waals surface area contributed by atoms with Gasteiger partial charge in [0.1, 0.15) is 5.75 Å². The molecule has 0 unspecified atom stereocenters. The second-order valence-corrected chi connectivity index (χ2v) is 8.08. The maximum Gasteiger partial charge on any atom is 0.227 e. The molecule has 2 aliphatic rings. The Morgan fingerprint density at radius 3 is 2.77 bits per heavy atom. The minimum Gasteiger partial charge on any atom is -0.493 e. The van der Waals surface area contributed by atoms with Crippen molar-refractivity contribution in [1.82, 2.24) is 4.90 Å². The monoisotopic (exact) mass is 369 g/mol. The van der Waals surface area contributed by atoms with E-state index in [-0.39, 0.29) is 18.4 Å². The van der Waals surface area contributed by atoms with Crippen molar-refractivity contribution in [1.29, 1.82) is 0 Å². The van der Waals surface area contributed by atoms with Crippen LogP contribution in [0.1, 0.15) is 17.0 Å². The van der Waals surface area contributed by atoms with Gasteiger partial charge in [0.15, 0.2) is 0 Å². The van der Waals surface area contributed by atoms with Gasteiger partial charge in [0.25, 0.3) is 0 Å². The summed E-state index contributed by atoms with van der Waals surface area (Å²) in [5.74, 6) is 1.12. The molecule has 1 N–H and O–H groups in total. The lowest BCUT2D eigenvalue weighted by molar-refractivity contribution is -0.130. The predicted octanol–water partition coefficient (Wildman–Crippen LogP) is 2.95. The van der Waals surface area contributed by atoms with E-state index in [0.717, 1.165) is 16.9 Å². The normalized spacial score (nSPS) is 23.9. The number of fused-ring (bicyclic) bond motifs is 3. The second kappa shape index (κ2) is 6.97. The van der Waals surface area contributed by atoms with E-state index in [4.69, 9.17) is 4.74 Å². The number of carbonyl (C=O) groups excluding carboxylic acids is 1. The molecule has 1 fully saturated rings. The van der Waals surface area contributed by atoms with Crippen LogP contribution in [0.4, 0.5) is 0 Å². The number of aliphatic hydroxyl groups excluding tert-OH is 1. The van der Waals surface area contributed by atoms with E-state index in [1.54, 1.807) is 11.8 Å². The number of rotatable bonds is 4. The fraction of sp³-hybridized carbons (Fsp3) is 0.381. The summed E-state index contributed by atoms with van der Waals surface area (Å²) in [4.78, 5) is 16.0. The van der Waals surface area contributed by atoms with Gasteiger partial charge in [-0.15, -0.1) is 11.8 Å². The van der Waals surface area contributed by atoms with Gasteiger partial charge in [-0.1, -0.05) is 30.3 Å². The molecule has 2 aromatic carbocycles. The molecule has 136 valence electrons. The second-order valence-electron chi connectivity index (χ2n) is 7.20. The lowest BCUT2D eigenvalue weighted by atomic mass is 9.74. The molecule has 26 heavy (non-hydrogen) atoms. The topological polar surface area (TPSA) is 49.8 Å². The van der Waals surface area contributed by atoms with Crippen LogP contribution >= 0.6 is 11.8 Å². The third-order valence-electron chi connectivity index (χ3n) is 5.64. The van der Waals surface area contributed by atoms with Crippen LogP contribution in [0, 0.1) is 5.41 Å². The van der Waals surface area contributed by atoms with Crippen LogP contribution in [0.15, 0.2) is 53.4 Å². The summed E-state index contributed by atoms with van der Waals surface area (Å²) in [7, 11) is 0. The maximum absolute atomic E-state index is 12.9. The maximum atomic E-state index is 12.9. The fourth-order valence-electron chi connectivity index (χ4n) is 4.09. The number of ether oxygens (including phenoxy) is 1. The molecule has 0 bridgehead atoms. The molecule has 0 spiro atoms. The van der Waals surface area contributed by atoms with Crippen molar-refractivity contribution in [3.8, 4) is 5.75 Å². The van der Waals surface area contributed by atoms with Crippen molar-refractivity contribution >= 4 is 17.7 Å². The Balaban J connectivity index is 1.53. The number of amides is 1. The Labute approximate surface area is 158 Å². The summed E-state index contributed by atoms with van der Waals surface area (Å²) in [6.45, 7) is 1.67. The van der Waals surface area contributed by atoms with E-state index < -0.39 is 5.41 Å². The smallest absolute Gasteiger partial charge is 0.227 e. The van der Waals surface area contributed by atoms with E-state index in [2.05, 4.69) is 18.2 Å². The first-order valence-corrected chi connectivity index (χ1v) is 10.1. The van der Waals surface area contributed by atoms with Gasteiger partial charge in [0.05, 0.1) is 25.0 Å². The van der Waals surface area contributed by atoms with Gasteiger partial charge in [-0.05, 0) is 35.6 Å². The van der Waals surface area contributed by atoms with Crippen molar-refractivity contribution in [2.45, 2.75) is 17.2 Å². The predicted molar refractivity (Wildman–Crippen MR) is 103 cm³/mol. The molecule has 0 saturated carbocycles. The zero-order chi connectivity index (χ0) is 18.1. The van der Waals surface area contributed by atoms with E-state index >= 15 is 0 Å². The largest absolute Gasteiger partial charge is 0.493 e. The minimum absolute atomic E-state index is 0.0260. The molecule has 2 atom stereocenters. The van der Waals surface area contributed by atoms with Crippen LogP contribution < -0.4 is 4.74 Å². The molecular weight excluding hydrogens is 346 g/mol. The minimum atomic E-state index is -0.396. The van der Waals surface area contributed by atoms with E-state index in [1.807, 2.05) is 41.5 Å². The van der Waals surface area contributed by atoms with Gasteiger partial charge >= 0.3 is 0 Å². The van der Waals surface area contributed by atoms with Gasteiger partial charge < -0.3 is 14.7 Å². The quantitative estimate of drug-likeness (QED) is 0.842. The number of hydrogen-bond donors (Lipinski definition) is 1. The number of aliphatic hydroxyl groups is 1. The first-order valence-electron chi connectivity index (χ1n) is 8.88. The number of carbonyl (C=O) groups is 1. The summed E-state index contributed by atoms with van der Waals surface area (Å²) in [6, 6.07) is 16.1. The van der Waals surface area contributed by atoms with Crippen molar-refractivity contribution in [3.63, 3.8) is 0 Å². The Morgan fingerprint density at radius 1 is 1.27 bits per heavy atom. The first kappa shape index (κ1) is 17.4. The molecule has 2 aromatic rings. The van der Waals surface area contributed by atoms with Crippen LogP contribution in [-0.4, -0.2) is 48.5 Å². The first-order chi connectivity index (χ1) is 12.6. The van der Waals surface area contributed by atoms with Crippen LogP contribution in [-0.2, 0) is 11.2 Å². The average Bonchev–Trinajstić information content (AvgIpc) is 3.10.